The summed E-state index contributed by atoms with van der Waals surface area (Å²) >= 11 is 0. The molecule has 0 atom stereocenters. The van der Waals surface area contributed by atoms with Gasteiger partial charge in [-0.1, -0.05) is 0 Å². The molecule has 0 unspecified atom stereocenters. The van der Waals surface area contributed by atoms with Gasteiger partial charge in [-0.2, -0.15) is 0 Å². The van der Waals surface area contributed by atoms with Crippen LogP contribution in [0, 0.1) is 0 Å². The van der Waals surface area contributed by atoms with Gasteiger partial charge in [0.2, 0.25) is 0 Å². The highest BCUT2D eigenvalue weighted by Crippen LogP contribution is 2.07. The number of carbonyl (C=O) groups is 2. The van der Waals surface area contributed by atoms with E-state index in [2.05, 4.69) is 0 Å². The number of benzene rings is 2. The summed E-state index contributed by atoms with van der Waals surface area (Å²) in [4.78, 5) is 23.5. The molecule has 0 bridgehead atoms. The van der Waals surface area contributed by atoms with Crippen molar-refractivity contribution in [1.29, 1.82) is 0 Å². The topological polar surface area (TPSA) is 132 Å². The molecule has 0 fully saturated rings. The normalized spacial score (nSPS) is 10.6. The molecule has 168 valence electrons. The Morgan fingerprint density at radius 3 is 1.13 bits per heavy atom. The van der Waals surface area contributed by atoms with Crippen molar-refractivity contribution in [2.75, 3.05) is 64.3 Å². The predicted octanol–water partition coefficient (Wildman–Crippen LogP) is 1.91. The van der Waals surface area contributed by atoms with Crippen molar-refractivity contribution in [2.45, 2.75) is 0 Å². The maximum absolute atomic E-state index is 11.8. The van der Waals surface area contributed by atoms with Crippen molar-refractivity contribution in [3.63, 3.8) is 0 Å². The average Bonchev–Trinajstić information content (AvgIpc) is 2.77. The fourth-order valence-electron chi connectivity index (χ4n) is 2.33. The van der Waals surface area contributed by atoms with E-state index in [1.807, 2.05) is 0 Å². The summed E-state index contributed by atoms with van der Waals surface area (Å²) in [6.07, 6.45) is 0. The molecule has 2 rings (SSSR count). The Labute approximate surface area is 181 Å². The smallest absolute Gasteiger partial charge is 0.338 e. The zero-order valence-electron chi connectivity index (χ0n) is 17.3. The van der Waals surface area contributed by atoms with Crippen molar-refractivity contribution < 1.29 is 33.3 Å². The molecule has 0 aliphatic carbocycles. The molecule has 0 aliphatic rings. The summed E-state index contributed by atoms with van der Waals surface area (Å²) < 4.78 is 26.2. The van der Waals surface area contributed by atoms with Gasteiger partial charge in [-0.15, -0.1) is 0 Å². The molecule has 0 radical (unpaired) electrons. The minimum atomic E-state index is -0.420. The van der Waals surface area contributed by atoms with Gasteiger partial charge in [0.05, 0.1) is 50.8 Å². The molecule has 0 aromatic heterocycles. The molecule has 0 heterocycles. The highest BCUT2D eigenvalue weighted by Gasteiger charge is 2.07. The van der Waals surface area contributed by atoms with E-state index in [0.717, 1.165) is 0 Å². The molecule has 2 aromatic carbocycles. The van der Waals surface area contributed by atoms with Crippen molar-refractivity contribution in [2.24, 2.45) is 0 Å². The Morgan fingerprint density at radius 2 is 0.806 bits per heavy atom. The molecule has 9 heteroatoms. The first-order valence-corrected chi connectivity index (χ1v) is 9.85. The van der Waals surface area contributed by atoms with Crippen LogP contribution in [0.4, 0.5) is 11.4 Å². The molecule has 2 aromatic rings. The van der Waals surface area contributed by atoms with E-state index in [4.69, 9.17) is 35.2 Å². The molecule has 0 aliphatic heterocycles. The lowest BCUT2D eigenvalue weighted by Crippen LogP contribution is -2.15. The summed E-state index contributed by atoms with van der Waals surface area (Å²) in [7, 11) is 0. The van der Waals surface area contributed by atoms with Crippen molar-refractivity contribution in [1.82, 2.24) is 0 Å². The lowest BCUT2D eigenvalue weighted by Gasteiger charge is -2.08. The molecular formula is C22H28N2O7. The number of nitrogens with two attached hydrogens (primary N) is 2. The number of rotatable bonds is 14. The van der Waals surface area contributed by atoms with Gasteiger partial charge < -0.3 is 35.2 Å². The Kier molecular flexibility index (Phi) is 10.9. The number of ether oxygens (including phenoxy) is 5. The largest absolute Gasteiger partial charge is 0.460 e. The minimum Gasteiger partial charge on any atom is -0.460 e. The maximum Gasteiger partial charge on any atom is 0.338 e. The molecule has 0 amide bonds. The van der Waals surface area contributed by atoms with Crippen LogP contribution in [-0.2, 0) is 23.7 Å². The molecule has 4 N–H and O–H groups in total. The van der Waals surface area contributed by atoms with E-state index in [9.17, 15) is 9.59 Å². The molecule has 0 spiro atoms. The van der Waals surface area contributed by atoms with Gasteiger partial charge in [-0.3, -0.25) is 0 Å². The van der Waals surface area contributed by atoms with E-state index < -0.39 is 11.9 Å². The quantitative estimate of drug-likeness (QED) is 0.261. The van der Waals surface area contributed by atoms with Crippen LogP contribution in [0.3, 0.4) is 0 Å². The van der Waals surface area contributed by atoms with Gasteiger partial charge in [0, 0.05) is 11.4 Å². The molecular weight excluding hydrogens is 404 g/mol. The molecule has 0 saturated heterocycles. The van der Waals surface area contributed by atoms with Crippen LogP contribution in [0.5, 0.6) is 0 Å². The lowest BCUT2D eigenvalue weighted by atomic mass is 10.2. The van der Waals surface area contributed by atoms with Gasteiger partial charge in [-0.05, 0) is 48.5 Å². The first-order chi connectivity index (χ1) is 15.1. The van der Waals surface area contributed by atoms with Crippen LogP contribution < -0.4 is 11.5 Å². The second-order valence-corrected chi connectivity index (χ2v) is 6.35. The predicted molar refractivity (Wildman–Crippen MR) is 115 cm³/mol. The van der Waals surface area contributed by atoms with Gasteiger partial charge in [0.15, 0.2) is 0 Å². The number of carbonyl (C=O) groups excluding carboxylic acids is 2. The second-order valence-electron chi connectivity index (χ2n) is 6.35. The number of esters is 2. The van der Waals surface area contributed by atoms with E-state index in [0.29, 0.717) is 48.9 Å². The van der Waals surface area contributed by atoms with Gasteiger partial charge in [-0.25, -0.2) is 9.59 Å². The highest BCUT2D eigenvalue weighted by molar-refractivity contribution is 5.90. The average molecular weight is 432 g/mol. The maximum atomic E-state index is 11.8. The Balaban J connectivity index is 1.36. The molecule has 0 saturated carbocycles. The summed E-state index contributed by atoms with van der Waals surface area (Å²) in [5.74, 6) is -0.840. The Bertz CT molecular complexity index is 727. The summed E-state index contributed by atoms with van der Waals surface area (Å²) in [6.45, 7) is 2.39. The zero-order valence-corrected chi connectivity index (χ0v) is 17.3. The van der Waals surface area contributed by atoms with Crippen molar-refractivity contribution in [3.8, 4) is 0 Å². The fourth-order valence-corrected chi connectivity index (χ4v) is 2.33. The molecule has 9 nitrogen and oxygen atoms in total. The van der Waals surface area contributed by atoms with Crippen LogP contribution in [0.25, 0.3) is 0 Å². The third-order valence-electron chi connectivity index (χ3n) is 3.96. The monoisotopic (exact) mass is 432 g/mol. The number of hydrogen-bond acceptors (Lipinski definition) is 9. The summed E-state index contributed by atoms with van der Waals surface area (Å²) in [5, 5.41) is 0. The van der Waals surface area contributed by atoms with Crippen LogP contribution >= 0.6 is 0 Å². The van der Waals surface area contributed by atoms with E-state index in [1.54, 1.807) is 48.5 Å². The summed E-state index contributed by atoms with van der Waals surface area (Å²) in [5.41, 5.74) is 13.2. The van der Waals surface area contributed by atoms with Crippen molar-refractivity contribution in [3.05, 3.63) is 59.7 Å². The van der Waals surface area contributed by atoms with Gasteiger partial charge >= 0.3 is 11.9 Å². The van der Waals surface area contributed by atoms with Crippen LogP contribution in [-0.4, -0.2) is 64.8 Å². The van der Waals surface area contributed by atoms with Crippen LogP contribution in [0.15, 0.2) is 48.5 Å². The van der Waals surface area contributed by atoms with E-state index in [-0.39, 0.29) is 26.4 Å². The minimum absolute atomic E-state index is 0.154. The highest BCUT2D eigenvalue weighted by atomic mass is 16.6. The van der Waals surface area contributed by atoms with E-state index >= 15 is 0 Å². The van der Waals surface area contributed by atoms with Crippen molar-refractivity contribution >= 4 is 23.3 Å². The molecule has 31 heavy (non-hydrogen) atoms. The summed E-state index contributed by atoms with van der Waals surface area (Å²) in [6, 6.07) is 13.0. The third-order valence-corrected chi connectivity index (χ3v) is 3.96. The SMILES string of the molecule is Nc1ccc(C(=O)OCCOCCOCCOCCOC(=O)c2ccc(N)cc2)cc1. The first kappa shape index (κ1) is 24.1. The van der Waals surface area contributed by atoms with Gasteiger partial charge in [0.1, 0.15) is 13.2 Å². The number of hydrogen-bond donors (Lipinski definition) is 2. The Hall–Kier alpha value is -3.14. The number of anilines is 2. The third kappa shape index (κ3) is 9.94. The standard InChI is InChI=1S/C22H28N2O7/c23-19-5-1-17(2-6-19)21(25)30-15-13-28-11-9-27-10-12-29-14-16-31-22(26)18-3-7-20(24)8-4-18/h1-8H,9-16,23-24H2. The van der Waals surface area contributed by atoms with Crippen LogP contribution in [0.2, 0.25) is 0 Å². The lowest BCUT2D eigenvalue weighted by molar-refractivity contribution is -0.00674. The second kappa shape index (κ2) is 14.0. The van der Waals surface area contributed by atoms with Crippen LogP contribution in [0.1, 0.15) is 20.7 Å². The van der Waals surface area contributed by atoms with Gasteiger partial charge in [0.25, 0.3) is 0 Å². The zero-order chi connectivity index (χ0) is 22.3. The first-order valence-electron chi connectivity index (χ1n) is 9.85. The Morgan fingerprint density at radius 1 is 0.516 bits per heavy atom. The fraction of sp³-hybridized carbons (Fsp3) is 0.364. The number of nitrogen functional groups attached to an aromatic ring is 2. The van der Waals surface area contributed by atoms with E-state index in [1.165, 1.54) is 0 Å².